The van der Waals surface area contributed by atoms with Gasteiger partial charge in [0.1, 0.15) is 11.6 Å². The van der Waals surface area contributed by atoms with Crippen molar-refractivity contribution in [3.8, 4) is 0 Å². The predicted molar refractivity (Wildman–Crippen MR) is 119 cm³/mol. The lowest BCUT2D eigenvalue weighted by atomic mass is 9.91. The van der Waals surface area contributed by atoms with Gasteiger partial charge >= 0.3 is 0 Å². The first kappa shape index (κ1) is 18.5. The Morgan fingerprint density at radius 2 is 2.00 bits per heavy atom. The van der Waals surface area contributed by atoms with E-state index in [0.717, 1.165) is 42.3 Å². The Balaban J connectivity index is 1.55. The van der Waals surface area contributed by atoms with E-state index in [1.165, 1.54) is 0 Å². The van der Waals surface area contributed by atoms with Gasteiger partial charge in [-0.3, -0.25) is 9.78 Å². The number of fused-ring (bicyclic) bond motifs is 2. The number of hydrogen-bond acceptors (Lipinski definition) is 7. The van der Waals surface area contributed by atoms with E-state index >= 15 is 0 Å². The second kappa shape index (κ2) is 7.72. The SMILES string of the molecule is NC1CCCCC1Nc1cc2cn[nH]c(=O)c2c(Nc2ccc3cccnc3c2)n1. The Hall–Kier alpha value is -3.52. The topological polar surface area (TPSA) is 122 Å². The lowest BCUT2D eigenvalue weighted by molar-refractivity contribution is 0.403. The molecule has 2 atom stereocenters. The Morgan fingerprint density at radius 1 is 1.10 bits per heavy atom. The maximum Gasteiger partial charge on any atom is 0.275 e. The number of pyridine rings is 2. The van der Waals surface area contributed by atoms with E-state index in [4.69, 9.17) is 10.7 Å². The quantitative estimate of drug-likeness (QED) is 0.414. The summed E-state index contributed by atoms with van der Waals surface area (Å²) in [5.41, 5.74) is 7.68. The van der Waals surface area contributed by atoms with Crippen LogP contribution in [0.5, 0.6) is 0 Å². The highest BCUT2D eigenvalue weighted by molar-refractivity contribution is 5.94. The van der Waals surface area contributed by atoms with Crippen molar-refractivity contribution >= 4 is 39.0 Å². The van der Waals surface area contributed by atoms with E-state index in [0.29, 0.717) is 22.4 Å². The van der Waals surface area contributed by atoms with Crippen LogP contribution >= 0.6 is 0 Å². The number of aromatic nitrogens is 4. The van der Waals surface area contributed by atoms with Crippen molar-refractivity contribution in [2.75, 3.05) is 10.6 Å². The van der Waals surface area contributed by atoms with E-state index in [1.54, 1.807) is 12.4 Å². The van der Waals surface area contributed by atoms with Crippen molar-refractivity contribution in [2.45, 2.75) is 37.8 Å². The van der Waals surface area contributed by atoms with Crippen LogP contribution in [0.3, 0.4) is 0 Å². The average molecular weight is 401 g/mol. The predicted octanol–water partition coefficient (Wildman–Crippen LogP) is 3.29. The molecule has 0 aliphatic heterocycles. The number of hydrogen-bond donors (Lipinski definition) is 4. The van der Waals surface area contributed by atoms with Gasteiger partial charge < -0.3 is 16.4 Å². The van der Waals surface area contributed by atoms with Gasteiger partial charge in [0.05, 0.1) is 17.1 Å². The lowest BCUT2D eigenvalue weighted by Crippen LogP contribution is -2.42. The lowest BCUT2D eigenvalue weighted by Gasteiger charge is -2.30. The van der Waals surface area contributed by atoms with Crippen molar-refractivity contribution in [1.82, 2.24) is 20.2 Å². The Labute approximate surface area is 172 Å². The molecule has 0 spiro atoms. The van der Waals surface area contributed by atoms with Crippen LogP contribution in [0.2, 0.25) is 0 Å². The van der Waals surface area contributed by atoms with Crippen LogP contribution in [0.25, 0.3) is 21.7 Å². The summed E-state index contributed by atoms with van der Waals surface area (Å²) >= 11 is 0. The van der Waals surface area contributed by atoms with Gasteiger partial charge in [-0.2, -0.15) is 5.10 Å². The molecule has 1 aromatic carbocycles. The first-order valence-corrected chi connectivity index (χ1v) is 10.2. The van der Waals surface area contributed by atoms with Gasteiger partial charge in [-0.05, 0) is 37.1 Å². The van der Waals surface area contributed by atoms with Gasteiger partial charge in [-0.1, -0.05) is 25.0 Å². The van der Waals surface area contributed by atoms with E-state index in [2.05, 4.69) is 25.8 Å². The van der Waals surface area contributed by atoms with E-state index in [9.17, 15) is 4.79 Å². The van der Waals surface area contributed by atoms with E-state index in [-0.39, 0.29) is 17.6 Å². The van der Waals surface area contributed by atoms with Gasteiger partial charge in [-0.15, -0.1) is 0 Å². The Bertz CT molecular complexity index is 1270. The summed E-state index contributed by atoms with van der Waals surface area (Å²) in [6, 6.07) is 11.9. The van der Waals surface area contributed by atoms with Gasteiger partial charge in [0.2, 0.25) is 0 Å². The third-order valence-corrected chi connectivity index (χ3v) is 5.67. The highest BCUT2D eigenvalue weighted by atomic mass is 16.1. The number of nitrogens with zero attached hydrogens (tertiary/aromatic N) is 3. The summed E-state index contributed by atoms with van der Waals surface area (Å²) in [6.45, 7) is 0. The molecule has 0 saturated heterocycles. The van der Waals surface area contributed by atoms with Crippen LogP contribution in [-0.4, -0.2) is 32.2 Å². The normalized spacial score (nSPS) is 19.1. The third-order valence-electron chi connectivity index (χ3n) is 5.67. The van der Waals surface area contributed by atoms with Crippen LogP contribution in [0.4, 0.5) is 17.3 Å². The molecular weight excluding hydrogens is 378 g/mol. The summed E-state index contributed by atoms with van der Waals surface area (Å²) in [5, 5.41) is 15.4. The van der Waals surface area contributed by atoms with Crippen molar-refractivity contribution in [2.24, 2.45) is 5.73 Å². The molecule has 3 heterocycles. The largest absolute Gasteiger partial charge is 0.366 e. The maximum absolute atomic E-state index is 12.5. The Kier molecular flexibility index (Phi) is 4.76. The van der Waals surface area contributed by atoms with Gasteiger partial charge in [0.25, 0.3) is 5.56 Å². The molecule has 1 saturated carbocycles. The first-order chi connectivity index (χ1) is 14.7. The summed E-state index contributed by atoms with van der Waals surface area (Å²) < 4.78 is 0. The molecule has 1 fully saturated rings. The minimum atomic E-state index is -0.290. The molecule has 3 aromatic heterocycles. The summed E-state index contributed by atoms with van der Waals surface area (Å²) in [4.78, 5) is 21.6. The second-order valence-corrected chi connectivity index (χ2v) is 7.75. The monoisotopic (exact) mass is 401 g/mol. The first-order valence-electron chi connectivity index (χ1n) is 10.2. The molecule has 5 N–H and O–H groups in total. The van der Waals surface area contributed by atoms with Crippen LogP contribution in [0, 0.1) is 0 Å². The molecule has 0 radical (unpaired) electrons. The summed E-state index contributed by atoms with van der Waals surface area (Å²) in [5.74, 6) is 1.15. The number of anilines is 3. The van der Waals surface area contributed by atoms with Crippen LogP contribution in [0.1, 0.15) is 25.7 Å². The fourth-order valence-electron chi connectivity index (χ4n) is 4.10. The molecule has 152 valence electrons. The molecular formula is C22H23N7O. The van der Waals surface area contributed by atoms with E-state index in [1.807, 2.05) is 36.4 Å². The molecule has 1 aliphatic rings. The van der Waals surface area contributed by atoms with Crippen molar-refractivity contribution in [3.63, 3.8) is 0 Å². The zero-order chi connectivity index (χ0) is 20.5. The number of rotatable bonds is 4. The molecule has 30 heavy (non-hydrogen) atoms. The van der Waals surface area contributed by atoms with Crippen LogP contribution in [0.15, 0.2) is 53.6 Å². The molecule has 2 unspecified atom stereocenters. The summed E-state index contributed by atoms with van der Waals surface area (Å²) in [6.07, 6.45) is 7.71. The zero-order valence-corrected chi connectivity index (χ0v) is 16.4. The fourth-order valence-corrected chi connectivity index (χ4v) is 4.10. The highest BCUT2D eigenvalue weighted by Gasteiger charge is 2.22. The van der Waals surface area contributed by atoms with Gasteiger partial charge in [-0.25, -0.2) is 10.1 Å². The molecule has 5 rings (SSSR count). The van der Waals surface area contributed by atoms with Crippen molar-refractivity contribution in [1.29, 1.82) is 0 Å². The number of aromatic amines is 1. The third kappa shape index (κ3) is 3.57. The van der Waals surface area contributed by atoms with Crippen molar-refractivity contribution in [3.05, 3.63) is 59.1 Å². The number of H-pyrrole nitrogens is 1. The second-order valence-electron chi connectivity index (χ2n) is 7.75. The molecule has 1 aliphatic carbocycles. The number of benzene rings is 1. The van der Waals surface area contributed by atoms with Crippen LogP contribution in [-0.2, 0) is 0 Å². The number of nitrogens with one attached hydrogen (secondary N) is 3. The highest BCUT2D eigenvalue weighted by Crippen LogP contribution is 2.28. The minimum absolute atomic E-state index is 0.0940. The number of nitrogens with two attached hydrogens (primary N) is 1. The molecule has 4 aromatic rings. The molecule has 8 nitrogen and oxygen atoms in total. The Morgan fingerprint density at radius 3 is 2.90 bits per heavy atom. The molecule has 0 amide bonds. The van der Waals surface area contributed by atoms with Gasteiger partial charge in [0, 0.05) is 34.7 Å². The van der Waals surface area contributed by atoms with E-state index < -0.39 is 0 Å². The van der Waals surface area contributed by atoms with Crippen molar-refractivity contribution < 1.29 is 0 Å². The maximum atomic E-state index is 12.5. The van der Waals surface area contributed by atoms with Gasteiger partial charge in [0.15, 0.2) is 0 Å². The molecule has 0 bridgehead atoms. The zero-order valence-electron chi connectivity index (χ0n) is 16.4. The fraction of sp³-hybridized carbons (Fsp3) is 0.273. The average Bonchev–Trinajstić information content (AvgIpc) is 2.75. The smallest absolute Gasteiger partial charge is 0.275 e. The molecule has 8 heteroatoms. The minimum Gasteiger partial charge on any atom is -0.366 e. The van der Waals surface area contributed by atoms with Crippen LogP contribution < -0.4 is 21.9 Å². The standard InChI is InChI=1S/C22H23N7O/c23-16-5-1-2-6-17(16)27-19-10-14-12-25-29-22(30)20(14)21(28-19)26-15-8-7-13-4-3-9-24-18(13)11-15/h3-4,7-12,16-17H,1-2,5-6,23H2,(H,29,30)(H2,26,27,28). The summed E-state index contributed by atoms with van der Waals surface area (Å²) in [7, 11) is 0.